The van der Waals surface area contributed by atoms with E-state index in [9.17, 15) is 14.0 Å². The van der Waals surface area contributed by atoms with Crippen molar-refractivity contribution in [1.29, 1.82) is 0 Å². The highest BCUT2D eigenvalue weighted by Crippen LogP contribution is 2.27. The predicted molar refractivity (Wildman–Crippen MR) is 95.2 cm³/mol. The summed E-state index contributed by atoms with van der Waals surface area (Å²) in [5, 5.41) is 4.72. The Hall–Kier alpha value is -2.15. The maximum absolute atomic E-state index is 13.6. The Morgan fingerprint density at radius 3 is 2.44 bits per heavy atom. The van der Waals surface area contributed by atoms with Crippen LogP contribution in [0.3, 0.4) is 0 Å². The lowest BCUT2D eigenvalue weighted by molar-refractivity contribution is -0.682. The van der Waals surface area contributed by atoms with E-state index in [2.05, 4.69) is 5.32 Å². The van der Waals surface area contributed by atoms with E-state index < -0.39 is 11.7 Å². The highest BCUT2D eigenvalue weighted by Gasteiger charge is 2.17. The fourth-order valence-corrected chi connectivity index (χ4v) is 2.78. The van der Waals surface area contributed by atoms with Gasteiger partial charge in [0.1, 0.15) is 11.9 Å². The van der Waals surface area contributed by atoms with Gasteiger partial charge in [-0.3, -0.25) is 9.59 Å². The summed E-state index contributed by atoms with van der Waals surface area (Å²) in [7, 11) is 0. The molecule has 2 aromatic rings. The van der Waals surface area contributed by atoms with Crippen molar-refractivity contribution < 1.29 is 19.3 Å². The first-order chi connectivity index (χ1) is 11.8. The van der Waals surface area contributed by atoms with Gasteiger partial charge in [0.25, 0.3) is 5.91 Å². The molecule has 0 aliphatic carbocycles. The number of hydrogen-bond acceptors (Lipinski definition) is 2. The Morgan fingerprint density at radius 1 is 1.20 bits per heavy atom. The van der Waals surface area contributed by atoms with Crippen molar-refractivity contribution in [2.24, 2.45) is 5.73 Å². The molecule has 0 aliphatic rings. The molecule has 5 N–H and O–H groups in total. The second-order valence-electron chi connectivity index (χ2n) is 5.51. The van der Waals surface area contributed by atoms with Gasteiger partial charge in [0.15, 0.2) is 6.54 Å². The highest BCUT2D eigenvalue weighted by molar-refractivity contribution is 6.35. The summed E-state index contributed by atoms with van der Waals surface area (Å²) in [6.45, 7) is 1.92. The van der Waals surface area contributed by atoms with E-state index in [1.165, 1.54) is 24.3 Å². The van der Waals surface area contributed by atoms with Crippen LogP contribution in [-0.2, 0) is 4.79 Å². The smallest absolute Gasteiger partial charge is 0.279 e. The van der Waals surface area contributed by atoms with Gasteiger partial charge in [-0.15, -0.1) is 0 Å². The average molecular weight is 385 g/mol. The zero-order valence-electron chi connectivity index (χ0n) is 13.4. The molecule has 8 heteroatoms. The monoisotopic (exact) mass is 384 g/mol. The van der Waals surface area contributed by atoms with E-state index in [4.69, 9.17) is 28.9 Å². The molecule has 0 radical (unpaired) electrons. The summed E-state index contributed by atoms with van der Waals surface area (Å²) in [5.41, 5.74) is 6.62. The first-order valence-corrected chi connectivity index (χ1v) is 8.21. The number of hydrogen-bond donors (Lipinski definition) is 3. The molecule has 2 aromatic carbocycles. The lowest BCUT2D eigenvalue weighted by Gasteiger charge is -2.13. The molecular weight excluding hydrogens is 368 g/mol. The summed E-state index contributed by atoms with van der Waals surface area (Å²) < 4.78 is 13.6. The van der Waals surface area contributed by atoms with Crippen molar-refractivity contribution in [1.82, 2.24) is 0 Å². The van der Waals surface area contributed by atoms with Gasteiger partial charge in [-0.25, -0.2) is 4.39 Å². The van der Waals surface area contributed by atoms with Crippen molar-refractivity contribution in [3.8, 4) is 0 Å². The molecule has 1 atom stereocenters. The number of anilines is 1. The van der Waals surface area contributed by atoms with Crippen LogP contribution in [0.25, 0.3) is 0 Å². The lowest BCUT2D eigenvalue weighted by atomic mass is 10.1. The Balaban J connectivity index is 1.93. The molecule has 0 saturated heterocycles. The number of nitrogens with one attached hydrogen (secondary N) is 1. The third kappa shape index (κ3) is 5.16. The number of benzene rings is 2. The van der Waals surface area contributed by atoms with Crippen molar-refractivity contribution in [2.75, 3.05) is 11.9 Å². The van der Waals surface area contributed by atoms with Crippen LogP contribution in [0.15, 0.2) is 36.4 Å². The molecule has 25 heavy (non-hydrogen) atoms. The fourth-order valence-electron chi connectivity index (χ4n) is 2.23. The van der Waals surface area contributed by atoms with Crippen molar-refractivity contribution in [3.05, 3.63) is 63.4 Å². The molecule has 0 aliphatic heterocycles. The summed E-state index contributed by atoms with van der Waals surface area (Å²) in [4.78, 5) is 23.0. The SMILES string of the molecule is C[C@H]([NH2+]CC(=O)Nc1ccc(C(N)=O)cc1)c1cc(F)c(Cl)cc1Cl. The highest BCUT2D eigenvalue weighted by atomic mass is 35.5. The molecule has 2 rings (SSSR count). The van der Waals surface area contributed by atoms with Crippen LogP contribution in [0, 0.1) is 5.82 Å². The molecule has 132 valence electrons. The average Bonchev–Trinajstić information content (AvgIpc) is 2.56. The number of amides is 2. The van der Waals surface area contributed by atoms with E-state index in [-0.39, 0.29) is 23.5 Å². The minimum Gasteiger partial charge on any atom is -0.366 e. The Kier molecular flexibility index (Phi) is 6.36. The summed E-state index contributed by atoms with van der Waals surface area (Å²) in [6.07, 6.45) is 0. The number of quaternary nitrogens is 1. The third-order valence-electron chi connectivity index (χ3n) is 3.64. The van der Waals surface area contributed by atoms with Gasteiger partial charge < -0.3 is 16.4 Å². The van der Waals surface area contributed by atoms with E-state index in [0.29, 0.717) is 21.8 Å². The van der Waals surface area contributed by atoms with Crippen molar-refractivity contribution in [2.45, 2.75) is 13.0 Å². The van der Waals surface area contributed by atoms with Crippen molar-refractivity contribution >= 4 is 40.7 Å². The minimum absolute atomic E-state index is 0.0434. The largest absolute Gasteiger partial charge is 0.366 e. The van der Waals surface area contributed by atoms with Gasteiger partial charge in [-0.05, 0) is 43.3 Å². The molecule has 0 saturated carbocycles. The van der Waals surface area contributed by atoms with Crippen LogP contribution < -0.4 is 16.4 Å². The Morgan fingerprint density at radius 2 is 1.84 bits per heavy atom. The van der Waals surface area contributed by atoms with Crippen LogP contribution in [0.1, 0.15) is 28.9 Å². The lowest BCUT2D eigenvalue weighted by Crippen LogP contribution is -2.86. The summed E-state index contributed by atoms with van der Waals surface area (Å²) >= 11 is 11.7. The standard InChI is InChI=1S/C17H16Cl2FN3O2/c1-9(12-6-15(20)14(19)7-13(12)18)22-8-16(24)23-11-4-2-10(3-5-11)17(21)25/h2-7,9,22H,8H2,1H3,(H2,21,25)(H,23,24)/p+1/t9-/m0/s1. The number of carbonyl (C=O) groups is 2. The normalized spacial score (nSPS) is 11.8. The van der Waals surface area contributed by atoms with Crippen LogP contribution >= 0.6 is 23.2 Å². The summed E-state index contributed by atoms with van der Waals surface area (Å²) in [5.74, 6) is -1.34. The molecule has 0 spiro atoms. The van der Waals surface area contributed by atoms with Gasteiger partial charge >= 0.3 is 0 Å². The van der Waals surface area contributed by atoms with Crippen molar-refractivity contribution in [3.63, 3.8) is 0 Å². The van der Waals surface area contributed by atoms with E-state index in [1.807, 2.05) is 6.92 Å². The maximum atomic E-state index is 13.6. The predicted octanol–water partition coefficient (Wildman–Crippen LogP) is 2.49. The second kappa shape index (κ2) is 8.29. The van der Waals surface area contributed by atoms with Gasteiger partial charge in [0.05, 0.1) is 10.0 Å². The maximum Gasteiger partial charge on any atom is 0.279 e. The molecule has 0 fully saturated rings. The van der Waals surface area contributed by atoms with Gasteiger partial charge in [0, 0.05) is 16.8 Å². The summed E-state index contributed by atoms with van der Waals surface area (Å²) in [6, 6.07) is 8.62. The zero-order valence-corrected chi connectivity index (χ0v) is 14.9. The van der Waals surface area contributed by atoms with Gasteiger partial charge in [-0.2, -0.15) is 0 Å². The van der Waals surface area contributed by atoms with Crippen LogP contribution in [0.2, 0.25) is 10.0 Å². The molecule has 0 aromatic heterocycles. The van der Waals surface area contributed by atoms with Crippen LogP contribution in [-0.4, -0.2) is 18.4 Å². The van der Waals surface area contributed by atoms with E-state index in [0.717, 1.165) is 0 Å². The fraction of sp³-hybridized carbons (Fsp3) is 0.176. The molecule has 0 bridgehead atoms. The number of carbonyl (C=O) groups excluding carboxylic acids is 2. The van der Waals surface area contributed by atoms with Crippen LogP contribution in [0.5, 0.6) is 0 Å². The zero-order chi connectivity index (χ0) is 18.6. The number of primary amides is 1. The molecular formula is C17H17Cl2FN3O2+. The topological polar surface area (TPSA) is 88.8 Å². The number of rotatable bonds is 6. The second-order valence-corrected chi connectivity index (χ2v) is 6.32. The Labute approximate surface area is 154 Å². The van der Waals surface area contributed by atoms with Gasteiger partial charge in [0.2, 0.25) is 5.91 Å². The number of nitrogens with two attached hydrogens (primary N) is 2. The van der Waals surface area contributed by atoms with E-state index in [1.54, 1.807) is 17.4 Å². The molecule has 0 heterocycles. The Bertz CT molecular complexity index is 797. The molecule has 2 amide bonds. The first kappa shape index (κ1) is 19.2. The molecule has 0 unspecified atom stereocenters. The van der Waals surface area contributed by atoms with Gasteiger partial charge in [-0.1, -0.05) is 23.2 Å². The van der Waals surface area contributed by atoms with Crippen LogP contribution in [0.4, 0.5) is 10.1 Å². The quantitative estimate of drug-likeness (QED) is 0.667. The number of halogens is 3. The first-order valence-electron chi connectivity index (χ1n) is 7.45. The van der Waals surface area contributed by atoms with E-state index >= 15 is 0 Å². The third-order valence-corrected chi connectivity index (χ3v) is 4.26. The minimum atomic E-state index is -0.555. The molecule has 5 nitrogen and oxygen atoms in total.